The molecule has 0 spiro atoms. The third kappa shape index (κ3) is 5.34. The second-order valence-electron chi connectivity index (χ2n) is 7.39. The highest BCUT2D eigenvalue weighted by molar-refractivity contribution is 6.30. The zero-order valence-corrected chi connectivity index (χ0v) is 17.6. The highest BCUT2D eigenvalue weighted by atomic mass is 35.5. The van der Waals surface area contributed by atoms with Crippen molar-refractivity contribution in [2.45, 2.75) is 25.2 Å². The molecule has 0 radical (unpaired) electrons. The molecule has 2 aromatic heterocycles. The van der Waals surface area contributed by atoms with Crippen LogP contribution in [0.2, 0.25) is 5.02 Å². The van der Waals surface area contributed by atoms with E-state index in [1.165, 1.54) is 23.4 Å². The van der Waals surface area contributed by atoms with E-state index in [1.807, 2.05) is 12.1 Å². The number of benzene rings is 2. The summed E-state index contributed by atoms with van der Waals surface area (Å²) in [5, 5.41) is 27.2. The molecule has 8 nitrogen and oxygen atoms in total. The van der Waals surface area contributed by atoms with Crippen LogP contribution in [0.4, 0.5) is 8.78 Å². The van der Waals surface area contributed by atoms with Crippen molar-refractivity contribution in [2.24, 2.45) is 0 Å². The normalized spacial score (nSPS) is 13.2. The van der Waals surface area contributed by atoms with Crippen LogP contribution in [0, 0.1) is 11.6 Å². The number of hydrogen-bond donors (Lipinski definition) is 2. The van der Waals surface area contributed by atoms with Crippen molar-refractivity contribution in [2.75, 3.05) is 6.54 Å². The molecule has 0 bridgehead atoms. The van der Waals surface area contributed by atoms with E-state index in [0.29, 0.717) is 17.3 Å². The Kier molecular flexibility index (Phi) is 6.54. The number of aliphatic hydroxyl groups is 1. The van der Waals surface area contributed by atoms with Crippen molar-refractivity contribution in [3.8, 4) is 0 Å². The molecule has 2 heterocycles. The topological polar surface area (TPSA) is 93.7 Å². The second kappa shape index (κ2) is 9.51. The van der Waals surface area contributed by atoms with Crippen LogP contribution in [-0.2, 0) is 25.2 Å². The van der Waals surface area contributed by atoms with E-state index in [2.05, 4.69) is 25.7 Å². The van der Waals surface area contributed by atoms with Crippen molar-refractivity contribution < 1.29 is 13.9 Å². The maximum Gasteiger partial charge on any atom is 0.137 e. The van der Waals surface area contributed by atoms with Gasteiger partial charge in [-0.2, -0.15) is 5.10 Å². The first-order valence-corrected chi connectivity index (χ1v) is 10.1. The quantitative estimate of drug-likeness (QED) is 0.399. The van der Waals surface area contributed by atoms with Gasteiger partial charge in [-0.3, -0.25) is 0 Å². The van der Waals surface area contributed by atoms with Gasteiger partial charge in [-0.05, 0) is 23.8 Å². The Morgan fingerprint density at radius 1 is 1.09 bits per heavy atom. The zero-order chi connectivity index (χ0) is 22.6. The summed E-state index contributed by atoms with van der Waals surface area (Å²) in [5.74, 6) is -1.57. The monoisotopic (exact) mass is 459 g/mol. The Balaban J connectivity index is 1.43. The predicted molar refractivity (Wildman–Crippen MR) is 113 cm³/mol. The third-order valence-corrected chi connectivity index (χ3v) is 5.14. The molecule has 0 amide bonds. The summed E-state index contributed by atoms with van der Waals surface area (Å²) in [6.45, 7) is 0.690. The Morgan fingerprint density at radius 3 is 2.62 bits per heavy atom. The van der Waals surface area contributed by atoms with Crippen LogP contribution in [0.3, 0.4) is 0 Å². The van der Waals surface area contributed by atoms with Crippen LogP contribution in [-0.4, -0.2) is 41.4 Å². The summed E-state index contributed by atoms with van der Waals surface area (Å²) in [4.78, 5) is 3.84. The second-order valence-corrected chi connectivity index (χ2v) is 7.82. The number of rotatable bonds is 9. The molecule has 0 fully saturated rings. The lowest BCUT2D eigenvalue weighted by molar-refractivity contribution is 0.0117. The maximum atomic E-state index is 14.5. The van der Waals surface area contributed by atoms with Crippen molar-refractivity contribution in [3.05, 3.63) is 94.8 Å². The number of nitrogens with zero attached hydrogens (tertiary/aromatic N) is 6. The molecule has 166 valence electrons. The first-order chi connectivity index (χ1) is 15.4. The van der Waals surface area contributed by atoms with Crippen molar-refractivity contribution >= 4 is 11.6 Å². The van der Waals surface area contributed by atoms with E-state index < -0.39 is 17.2 Å². The molecule has 4 aromatic rings. The van der Waals surface area contributed by atoms with E-state index in [-0.39, 0.29) is 25.2 Å². The van der Waals surface area contributed by atoms with Gasteiger partial charge in [-0.25, -0.2) is 23.1 Å². The summed E-state index contributed by atoms with van der Waals surface area (Å²) in [5.41, 5.74) is -0.0899. The molecule has 0 saturated carbocycles. The SMILES string of the molecule is OC(CNCc1cn(Cc2ccc(Cl)cc2)nn1)(Cn1cncn1)c1ccc(F)cc1F. The van der Waals surface area contributed by atoms with Crippen molar-refractivity contribution in [1.29, 1.82) is 0 Å². The highest BCUT2D eigenvalue weighted by Crippen LogP contribution is 2.26. The van der Waals surface area contributed by atoms with E-state index in [9.17, 15) is 13.9 Å². The summed E-state index contributed by atoms with van der Waals surface area (Å²) >= 11 is 5.90. The summed E-state index contributed by atoms with van der Waals surface area (Å²) in [6, 6.07) is 10.5. The fourth-order valence-corrected chi connectivity index (χ4v) is 3.48. The summed E-state index contributed by atoms with van der Waals surface area (Å²) in [7, 11) is 0. The molecule has 2 N–H and O–H groups in total. The van der Waals surface area contributed by atoms with Crippen molar-refractivity contribution in [3.63, 3.8) is 0 Å². The molecule has 0 saturated heterocycles. The lowest BCUT2D eigenvalue weighted by Gasteiger charge is -2.29. The molecule has 0 aliphatic heterocycles. The minimum Gasteiger partial charge on any atom is -0.382 e. The Hall–Kier alpha value is -3.21. The van der Waals surface area contributed by atoms with Gasteiger partial charge < -0.3 is 10.4 Å². The maximum absolute atomic E-state index is 14.5. The molecule has 4 rings (SSSR count). The van der Waals surface area contributed by atoms with Crippen LogP contribution in [0.1, 0.15) is 16.8 Å². The molecule has 1 atom stereocenters. The van der Waals surface area contributed by atoms with Crippen LogP contribution in [0.5, 0.6) is 0 Å². The molecule has 11 heteroatoms. The lowest BCUT2D eigenvalue weighted by atomic mass is 9.92. The Morgan fingerprint density at radius 2 is 1.91 bits per heavy atom. The van der Waals surface area contributed by atoms with E-state index in [4.69, 9.17) is 11.6 Å². The smallest absolute Gasteiger partial charge is 0.137 e. The van der Waals surface area contributed by atoms with Gasteiger partial charge in [0.1, 0.15) is 29.9 Å². The summed E-state index contributed by atoms with van der Waals surface area (Å²) in [6.07, 6.45) is 4.50. The molecule has 0 aliphatic carbocycles. The third-order valence-electron chi connectivity index (χ3n) is 4.89. The molecular formula is C21H20ClF2N7O. The molecule has 0 aliphatic rings. The van der Waals surface area contributed by atoms with Gasteiger partial charge in [0.15, 0.2) is 0 Å². The van der Waals surface area contributed by atoms with E-state index in [1.54, 1.807) is 23.0 Å². The standard InChI is InChI=1S/C21H20ClF2N7O/c22-16-3-1-15(2-4-16)9-30-10-18(28-29-30)8-25-11-21(32,12-31-14-26-13-27-31)19-6-5-17(23)7-20(19)24/h1-7,10,13-14,25,32H,8-9,11-12H2. The average molecular weight is 460 g/mol. The van der Waals surface area contributed by atoms with Crippen molar-refractivity contribution in [1.82, 2.24) is 35.1 Å². The minimum atomic E-state index is -1.70. The number of nitrogens with one attached hydrogen (secondary N) is 1. The fraction of sp³-hybridized carbons (Fsp3) is 0.238. The van der Waals surface area contributed by atoms with Crippen LogP contribution in [0.15, 0.2) is 61.3 Å². The Bertz CT molecular complexity index is 1170. The van der Waals surface area contributed by atoms with Gasteiger partial charge in [0.05, 0.1) is 25.0 Å². The van der Waals surface area contributed by atoms with Gasteiger partial charge in [0.25, 0.3) is 0 Å². The summed E-state index contributed by atoms with van der Waals surface area (Å²) < 4.78 is 30.9. The number of hydrogen-bond acceptors (Lipinski definition) is 6. The van der Waals surface area contributed by atoms with Gasteiger partial charge in [0, 0.05) is 29.7 Å². The minimum absolute atomic E-state index is 0.0422. The van der Waals surface area contributed by atoms with Crippen LogP contribution >= 0.6 is 11.6 Å². The lowest BCUT2D eigenvalue weighted by Crippen LogP contribution is -2.42. The zero-order valence-electron chi connectivity index (χ0n) is 16.9. The predicted octanol–water partition coefficient (Wildman–Crippen LogP) is 2.53. The highest BCUT2D eigenvalue weighted by Gasteiger charge is 2.33. The first-order valence-electron chi connectivity index (χ1n) is 9.76. The molecule has 1 unspecified atom stereocenters. The Labute approximate surface area is 187 Å². The largest absolute Gasteiger partial charge is 0.382 e. The fourth-order valence-electron chi connectivity index (χ4n) is 3.36. The first kappa shape index (κ1) is 22.0. The van der Waals surface area contributed by atoms with Crippen LogP contribution in [0.25, 0.3) is 0 Å². The number of aromatic nitrogens is 6. The van der Waals surface area contributed by atoms with Gasteiger partial charge in [-0.1, -0.05) is 35.0 Å². The average Bonchev–Trinajstić information content (AvgIpc) is 3.42. The van der Waals surface area contributed by atoms with Gasteiger partial charge in [-0.15, -0.1) is 5.10 Å². The molecular weight excluding hydrogens is 440 g/mol. The number of halogens is 3. The van der Waals surface area contributed by atoms with E-state index >= 15 is 0 Å². The van der Waals surface area contributed by atoms with Crippen LogP contribution < -0.4 is 5.32 Å². The van der Waals surface area contributed by atoms with Gasteiger partial charge in [0.2, 0.25) is 0 Å². The molecule has 32 heavy (non-hydrogen) atoms. The van der Waals surface area contributed by atoms with E-state index in [0.717, 1.165) is 17.7 Å². The van der Waals surface area contributed by atoms with Gasteiger partial charge >= 0.3 is 0 Å². The molecule has 2 aromatic carbocycles.